The summed E-state index contributed by atoms with van der Waals surface area (Å²) >= 11 is 0. The molecule has 0 saturated carbocycles. The maximum Gasteiger partial charge on any atom is 0.373 e. The zero-order valence-corrected chi connectivity index (χ0v) is 12.2. The van der Waals surface area contributed by atoms with Gasteiger partial charge < -0.3 is 19.0 Å². The minimum atomic E-state index is -1.11. The van der Waals surface area contributed by atoms with Crippen molar-refractivity contribution in [3.8, 4) is 23.0 Å². The molecule has 0 fully saturated rings. The monoisotopic (exact) mass is 291 g/mol. The molecule has 0 amide bonds. The molecule has 6 heteroatoms. The summed E-state index contributed by atoms with van der Waals surface area (Å²) in [6, 6.07) is 5.17. The van der Waals surface area contributed by atoms with E-state index in [2.05, 4.69) is 4.98 Å². The molecular formula is C15H17NO5. The molecule has 112 valence electrons. The molecule has 21 heavy (non-hydrogen) atoms. The predicted molar refractivity (Wildman–Crippen MR) is 76.0 cm³/mol. The van der Waals surface area contributed by atoms with Crippen LogP contribution in [0.25, 0.3) is 11.5 Å². The molecule has 0 saturated heterocycles. The van der Waals surface area contributed by atoms with Gasteiger partial charge in [0, 0.05) is 5.56 Å². The van der Waals surface area contributed by atoms with E-state index in [1.807, 2.05) is 6.92 Å². The number of carboxylic acid groups (broad SMARTS) is 1. The highest BCUT2D eigenvalue weighted by Gasteiger charge is 2.20. The largest absolute Gasteiger partial charge is 0.493 e. The van der Waals surface area contributed by atoms with E-state index in [9.17, 15) is 4.79 Å². The van der Waals surface area contributed by atoms with Gasteiger partial charge in [-0.3, -0.25) is 0 Å². The second-order valence-corrected chi connectivity index (χ2v) is 4.42. The van der Waals surface area contributed by atoms with Crippen LogP contribution in [0.15, 0.2) is 22.6 Å². The average Bonchev–Trinajstić information content (AvgIpc) is 2.91. The molecule has 0 bridgehead atoms. The Balaban J connectivity index is 2.46. The second kappa shape index (κ2) is 6.30. The highest BCUT2D eigenvalue weighted by atomic mass is 16.5. The van der Waals surface area contributed by atoms with E-state index in [-0.39, 0.29) is 11.7 Å². The number of hydrogen-bond donors (Lipinski definition) is 1. The van der Waals surface area contributed by atoms with Gasteiger partial charge in [0.05, 0.1) is 19.9 Å². The number of carboxylic acids is 1. The van der Waals surface area contributed by atoms with Crippen LogP contribution in [-0.2, 0) is 6.42 Å². The van der Waals surface area contributed by atoms with Gasteiger partial charge in [-0.05, 0) is 24.6 Å². The summed E-state index contributed by atoms with van der Waals surface area (Å²) in [5.74, 6) is 0.151. The first-order valence-corrected chi connectivity index (χ1v) is 6.56. The van der Waals surface area contributed by atoms with Crippen LogP contribution in [0.3, 0.4) is 0 Å². The SMILES string of the molecule is CCCc1nc(-c2ccc(OC)c(OC)c2)oc1C(=O)O. The summed E-state index contributed by atoms with van der Waals surface area (Å²) in [7, 11) is 3.08. The highest BCUT2D eigenvalue weighted by molar-refractivity contribution is 5.86. The molecule has 2 aromatic rings. The molecule has 1 heterocycles. The molecule has 0 atom stereocenters. The van der Waals surface area contributed by atoms with Gasteiger partial charge in [-0.15, -0.1) is 0 Å². The summed E-state index contributed by atoms with van der Waals surface area (Å²) in [6.45, 7) is 1.95. The molecular weight excluding hydrogens is 274 g/mol. The minimum absolute atomic E-state index is 0.110. The fourth-order valence-electron chi connectivity index (χ4n) is 2.02. The number of aromatic carboxylic acids is 1. The van der Waals surface area contributed by atoms with Crippen LogP contribution in [0.5, 0.6) is 11.5 Å². The third-order valence-corrected chi connectivity index (χ3v) is 3.01. The van der Waals surface area contributed by atoms with Gasteiger partial charge >= 0.3 is 5.97 Å². The number of carbonyl (C=O) groups is 1. The molecule has 0 unspecified atom stereocenters. The number of hydrogen-bond acceptors (Lipinski definition) is 5. The van der Waals surface area contributed by atoms with Crippen molar-refractivity contribution in [3.63, 3.8) is 0 Å². The number of methoxy groups -OCH3 is 2. The van der Waals surface area contributed by atoms with Gasteiger partial charge in [-0.2, -0.15) is 0 Å². The van der Waals surface area contributed by atoms with E-state index in [0.717, 1.165) is 6.42 Å². The maximum absolute atomic E-state index is 11.2. The lowest BCUT2D eigenvalue weighted by Crippen LogP contribution is -1.99. The van der Waals surface area contributed by atoms with Crippen molar-refractivity contribution in [2.24, 2.45) is 0 Å². The molecule has 0 aliphatic heterocycles. The first-order chi connectivity index (χ1) is 10.1. The Hall–Kier alpha value is -2.50. The third-order valence-electron chi connectivity index (χ3n) is 3.01. The fraction of sp³-hybridized carbons (Fsp3) is 0.333. The fourth-order valence-corrected chi connectivity index (χ4v) is 2.02. The minimum Gasteiger partial charge on any atom is -0.493 e. The van der Waals surface area contributed by atoms with Crippen molar-refractivity contribution < 1.29 is 23.8 Å². The van der Waals surface area contributed by atoms with Crippen LogP contribution in [0.1, 0.15) is 29.6 Å². The summed E-state index contributed by atoms with van der Waals surface area (Å²) in [5, 5.41) is 9.16. The Morgan fingerprint density at radius 3 is 2.57 bits per heavy atom. The smallest absolute Gasteiger partial charge is 0.373 e. The van der Waals surface area contributed by atoms with Crippen molar-refractivity contribution in [1.29, 1.82) is 0 Å². The average molecular weight is 291 g/mol. The van der Waals surface area contributed by atoms with Crippen LogP contribution in [0.4, 0.5) is 0 Å². The Bertz CT molecular complexity index is 648. The number of aromatic nitrogens is 1. The number of ether oxygens (including phenoxy) is 2. The standard InChI is InChI=1S/C15H17NO5/c1-4-5-10-13(15(17)18)21-14(16-10)9-6-7-11(19-2)12(8-9)20-3/h6-8H,4-5H2,1-3H3,(H,17,18). The van der Waals surface area contributed by atoms with E-state index in [1.54, 1.807) is 25.3 Å². The normalized spacial score (nSPS) is 10.4. The topological polar surface area (TPSA) is 81.8 Å². The van der Waals surface area contributed by atoms with Gasteiger partial charge in [0.1, 0.15) is 0 Å². The molecule has 0 spiro atoms. The first-order valence-electron chi connectivity index (χ1n) is 6.56. The third kappa shape index (κ3) is 2.99. The van der Waals surface area contributed by atoms with Crippen molar-refractivity contribution in [2.75, 3.05) is 14.2 Å². The Kier molecular flexibility index (Phi) is 4.47. The number of aryl methyl sites for hydroxylation is 1. The van der Waals surface area contributed by atoms with E-state index >= 15 is 0 Å². The molecule has 1 aromatic carbocycles. The lowest BCUT2D eigenvalue weighted by Gasteiger charge is -2.07. The van der Waals surface area contributed by atoms with Crippen molar-refractivity contribution in [3.05, 3.63) is 29.7 Å². The summed E-state index contributed by atoms with van der Waals surface area (Å²) in [5.41, 5.74) is 1.09. The lowest BCUT2D eigenvalue weighted by atomic mass is 10.2. The second-order valence-electron chi connectivity index (χ2n) is 4.42. The van der Waals surface area contributed by atoms with Crippen LogP contribution in [-0.4, -0.2) is 30.3 Å². The molecule has 0 radical (unpaired) electrons. The summed E-state index contributed by atoms with van der Waals surface area (Å²) < 4.78 is 15.8. The molecule has 0 aliphatic carbocycles. The van der Waals surface area contributed by atoms with Crippen molar-refractivity contribution in [1.82, 2.24) is 4.98 Å². The molecule has 2 rings (SSSR count). The number of nitrogens with zero attached hydrogens (tertiary/aromatic N) is 1. The van der Waals surface area contributed by atoms with E-state index < -0.39 is 5.97 Å². The number of rotatable bonds is 6. The van der Waals surface area contributed by atoms with Gasteiger partial charge in [-0.25, -0.2) is 9.78 Å². The first kappa shape index (κ1) is 14.9. The summed E-state index contributed by atoms with van der Waals surface area (Å²) in [6.07, 6.45) is 1.34. The molecule has 0 aliphatic rings. The van der Waals surface area contributed by atoms with E-state index in [0.29, 0.717) is 29.2 Å². The van der Waals surface area contributed by atoms with Gasteiger partial charge in [0.25, 0.3) is 0 Å². The lowest BCUT2D eigenvalue weighted by molar-refractivity contribution is 0.0661. The molecule has 1 N–H and O–H groups in total. The Morgan fingerprint density at radius 1 is 1.29 bits per heavy atom. The van der Waals surface area contributed by atoms with Crippen LogP contribution >= 0.6 is 0 Å². The van der Waals surface area contributed by atoms with Gasteiger partial charge in [0.2, 0.25) is 11.7 Å². The maximum atomic E-state index is 11.2. The number of benzene rings is 1. The zero-order chi connectivity index (χ0) is 15.4. The van der Waals surface area contributed by atoms with Crippen LogP contribution < -0.4 is 9.47 Å². The zero-order valence-electron chi connectivity index (χ0n) is 12.2. The van der Waals surface area contributed by atoms with Crippen molar-refractivity contribution in [2.45, 2.75) is 19.8 Å². The highest BCUT2D eigenvalue weighted by Crippen LogP contribution is 2.32. The predicted octanol–water partition coefficient (Wildman–Crippen LogP) is 3.01. The summed E-state index contributed by atoms with van der Waals surface area (Å²) in [4.78, 5) is 15.5. The van der Waals surface area contributed by atoms with Crippen LogP contribution in [0.2, 0.25) is 0 Å². The number of oxazole rings is 1. The molecule has 1 aromatic heterocycles. The Morgan fingerprint density at radius 2 is 2.00 bits per heavy atom. The van der Waals surface area contributed by atoms with Crippen molar-refractivity contribution >= 4 is 5.97 Å². The van der Waals surface area contributed by atoms with Gasteiger partial charge in [0.15, 0.2) is 11.5 Å². The van der Waals surface area contributed by atoms with Crippen LogP contribution in [0, 0.1) is 0 Å². The van der Waals surface area contributed by atoms with Gasteiger partial charge in [-0.1, -0.05) is 13.3 Å². The quantitative estimate of drug-likeness (QED) is 0.881. The molecule has 6 nitrogen and oxygen atoms in total. The van der Waals surface area contributed by atoms with E-state index in [4.69, 9.17) is 19.0 Å². The van der Waals surface area contributed by atoms with E-state index in [1.165, 1.54) is 7.11 Å². The Labute approximate surface area is 122 Å².